The molecule has 0 atom stereocenters. The molecule has 2 rings (SSSR count). The van der Waals surface area contributed by atoms with Gasteiger partial charge in [0.05, 0.1) is 0 Å². The lowest BCUT2D eigenvalue weighted by Crippen LogP contribution is -2.21. The Kier molecular flexibility index (Phi) is 2.80. The fraction of sp³-hybridized carbons (Fsp3) is 0.400. The summed E-state index contributed by atoms with van der Waals surface area (Å²) < 4.78 is 5.47. The minimum atomic E-state index is 0.329. The highest BCUT2D eigenvalue weighted by Crippen LogP contribution is 2.10. The Labute approximate surface area is 93.5 Å². The molecule has 2 heterocycles. The van der Waals surface area contributed by atoms with Crippen molar-refractivity contribution in [2.24, 2.45) is 0 Å². The van der Waals surface area contributed by atoms with E-state index in [0.717, 1.165) is 24.5 Å². The molecule has 16 heavy (non-hydrogen) atoms. The van der Waals surface area contributed by atoms with Crippen LogP contribution in [0.5, 0.6) is 0 Å². The third-order valence-electron chi connectivity index (χ3n) is 2.32. The first kappa shape index (κ1) is 10.5. The summed E-state index contributed by atoms with van der Waals surface area (Å²) in [6.45, 7) is 2.72. The van der Waals surface area contributed by atoms with Gasteiger partial charge in [-0.3, -0.25) is 0 Å². The molecule has 0 radical (unpaired) electrons. The van der Waals surface area contributed by atoms with E-state index in [1.165, 1.54) is 0 Å². The van der Waals surface area contributed by atoms with Crippen LogP contribution in [0.25, 0.3) is 0 Å². The second-order valence-corrected chi connectivity index (χ2v) is 3.70. The van der Waals surface area contributed by atoms with Crippen LogP contribution < -0.4 is 10.6 Å². The van der Waals surface area contributed by atoms with E-state index in [1.54, 1.807) is 0 Å². The summed E-state index contributed by atoms with van der Waals surface area (Å²) in [6, 6.07) is 3.94. The number of hydrogen-bond acceptors (Lipinski definition) is 5. The van der Waals surface area contributed by atoms with Gasteiger partial charge in [0.25, 0.3) is 0 Å². The van der Waals surface area contributed by atoms with Crippen molar-refractivity contribution >= 4 is 11.9 Å². The highest BCUT2D eigenvalue weighted by Gasteiger charge is 2.07. The van der Waals surface area contributed by atoms with Crippen LogP contribution >= 0.6 is 0 Å². The Bertz CT molecular complexity index is 461. The molecule has 0 amide bonds. The van der Waals surface area contributed by atoms with Gasteiger partial charge < -0.3 is 15.1 Å². The summed E-state index contributed by atoms with van der Waals surface area (Å²) >= 11 is 0. The van der Waals surface area contributed by atoms with Gasteiger partial charge in [-0.05, 0) is 19.1 Å². The highest BCUT2D eigenvalue weighted by molar-refractivity contribution is 5.32. The minimum Gasteiger partial charge on any atom is -0.466 e. The number of aromatic nitrogens is 3. The van der Waals surface area contributed by atoms with Gasteiger partial charge in [0.2, 0.25) is 11.9 Å². The lowest BCUT2D eigenvalue weighted by atomic mass is 10.3. The molecule has 0 unspecified atom stereocenters. The molecule has 0 aromatic carbocycles. The molecule has 0 bridgehead atoms. The zero-order valence-electron chi connectivity index (χ0n) is 9.40. The lowest BCUT2D eigenvalue weighted by molar-refractivity contribution is 0.482. The molecule has 2 aromatic rings. The van der Waals surface area contributed by atoms with Gasteiger partial charge in [-0.25, -0.2) is 5.10 Å². The van der Waals surface area contributed by atoms with Crippen LogP contribution in [0.3, 0.4) is 0 Å². The first-order chi connectivity index (χ1) is 7.65. The fourth-order valence-corrected chi connectivity index (χ4v) is 1.43. The lowest BCUT2D eigenvalue weighted by Gasteiger charge is -2.12. The summed E-state index contributed by atoms with van der Waals surface area (Å²) in [7, 11) is 1.92. The molecular formula is C10H15N5O. The van der Waals surface area contributed by atoms with Crippen molar-refractivity contribution < 1.29 is 4.42 Å². The molecule has 2 aromatic heterocycles. The van der Waals surface area contributed by atoms with E-state index in [2.05, 4.69) is 15.2 Å². The minimum absolute atomic E-state index is 0.329. The molecule has 3 N–H and O–H groups in total. The Balaban J connectivity index is 1.91. The average molecular weight is 221 g/mol. The first-order valence-electron chi connectivity index (χ1n) is 5.09. The van der Waals surface area contributed by atoms with E-state index in [-0.39, 0.29) is 0 Å². The first-order valence-corrected chi connectivity index (χ1v) is 5.09. The van der Waals surface area contributed by atoms with Crippen molar-refractivity contribution in [1.29, 1.82) is 0 Å². The number of H-pyrrole nitrogens is 1. The van der Waals surface area contributed by atoms with E-state index in [9.17, 15) is 0 Å². The number of anilines is 2. The zero-order valence-corrected chi connectivity index (χ0v) is 9.40. The Hall–Kier alpha value is -1.98. The normalized spacial score (nSPS) is 10.6. The van der Waals surface area contributed by atoms with Crippen molar-refractivity contribution in [2.45, 2.75) is 13.3 Å². The molecule has 0 saturated heterocycles. The number of likely N-dealkylation sites (N-methyl/N-ethyl adjacent to an activating group) is 1. The van der Waals surface area contributed by atoms with Gasteiger partial charge in [0, 0.05) is 20.0 Å². The standard InChI is InChI=1S/C10H15N5O/c1-7-3-4-8(16-7)5-6-15(2)10-12-9(11)13-14-10/h3-4H,5-6H2,1-2H3,(H3,11,12,13,14). The van der Waals surface area contributed by atoms with E-state index in [4.69, 9.17) is 10.2 Å². The second-order valence-electron chi connectivity index (χ2n) is 3.70. The van der Waals surface area contributed by atoms with Crippen molar-refractivity contribution in [3.8, 4) is 0 Å². The molecule has 86 valence electrons. The van der Waals surface area contributed by atoms with Gasteiger partial charge in [-0.15, -0.1) is 5.10 Å². The van der Waals surface area contributed by atoms with Crippen LogP contribution in [0, 0.1) is 6.92 Å². The Morgan fingerprint density at radius 3 is 2.88 bits per heavy atom. The maximum atomic E-state index is 5.47. The largest absolute Gasteiger partial charge is 0.466 e. The summed E-state index contributed by atoms with van der Waals surface area (Å²) in [5.41, 5.74) is 5.45. The Morgan fingerprint density at radius 2 is 2.31 bits per heavy atom. The number of furan rings is 1. The number of nitrogens with one attached hydrogen (secondary N) is 1. The number of hydrogen-bond donors (Lipinski definition) is 2. The van der Waals surface area contributed by atoms with Crippen LogP contribution in [-0.4, -0.2) is 28.8 Å². The molecule has 0 saturated carbocycles. The molecule has 0 aliphatic carbocycles. The summed E-state index contributed by atoms with van der Waals surface area (Å²) in [5, 5.41) is 6.57. The quantitative estimate of drug-likeness (QED) is 0.803. The van der Waals surface area contributed by atoms with Crippen LogP contribution in [0.2, 0.25) is 0 Å². The van der Waals surface area contributed by atoms with E-state index >= 15 is 0 Å². The number of aryl methyl sites for hydroxylation is 1. The smallest absolute Gasteiger partial charge is 0.246 e. The Morgan fingerprint density at radius 1 is 1.50 bits per heavy atom. The molecule has 0 fully saturated rings. The monoisotopic (exact) mass is 221 g/mol. The van der Waals surface area contributed by atoms with Gasteiger partial charge in [0.1, 0.15) is 11.5 Å². The van der Waals surface area contributed by atoms with Crippen molar-refractivity contribution in [3.05, 3.63) is 23.7 Å². The number of rotatable bonds is 4. The van der Waals surface area contributed by atoms with Crippen LogP contribution in [-0.2, 0) is 6.42 Å². The zero-order chi connectivity index (χ0) is 11.5. The van der Waals surface area contributed by atoms with Crippen molar-refractivity contribution in [2.75, 3.05) is 24.2 Å². The van der Waals surface area contributed by atoms with Gasteiger partial charge >= 0.3 is 0 Å². The maximum Gasteiger partial charge on any atom is 0.246 e. The molecule has 6 heteroatoms. The van der Waals surface area contributed by atoms with Crippen molar-refractivity contribution in [1.82, 2.24) is 15.2 Å². The van der Waals surface area contributed by atoms with E-state index < -0.39 is 0 Å². The predicted molar refractivity (Wildman–Crippen MR) is 61.2 cm³/mol. The third-order valence-corrected chi connectivity index (χ3v) is 2.32. The predicted octanol–water partition coefficient (Wildman–Crippen LogP) is 0.967. The third kappa shape index (κ3) is 2.33. The second kappa shape index (κ2) is 4.26. The SMILES string of the molecule is Cc1ccc(CCN(C)c2n[nH]c(N)n2)o1. The summed E-state index contributed by atoms with van der Waals surface area (Å²) in [6.07, 6.45) is 0.818. The van der Waals surface area contributed by atoms with Crippen LogP contribution in [0.4, 0.5) is 11.9 Å². The van der Waals surface area contributed by atoms with Crippen molar-refractivity contribution in [3.63, 3.8) is 0 Å². The summed E-state index contributed by atoms with van der Waals surface area (Å²) in [4.78, 5) is 5.96. The summed E-state index contributed by atoms with van der Waals surface area (Å²) in [5.74, 6) is 2.82. The van der Waals surface area contributed by atoms with Gasteiger partial charge in [-0.2, -0.15) is 4.98 Å². The molecule has 0 aliphatic rings. The molecular weight excluding hydrogens is 206 g/mol. The van der Waals surface area contributed by atoms with Gasteiger partial charge in [-0.1, -0.05) is 0 Å². The number of aromatic amines is 1. The molecule has 6 nitrogen and oxygen atoms in total. The molecule has 0 spiro atoms. The van der Waals surface area contributed by atoms with Crippen LogP contribution in [0.15, 0.2) is 16.5 Å². The van der Waals surface area contributed by atoms with Crippen LogP contribution in [0.1, 0.15) is 11.5 Å². The topological polar surface area (TPSA) is 84.0 Å². The van der Waals surface area contributed by atoms with E-state index in [1.807, 2.05) is 31.0 Å². The average Bonchev–Trinajstić information content (AvgIpc) is 2.84. The highest BCUT2D eigenvalue weighted by atomic mass is 16.3. The van der Waals surface area contributed by atoms with E-state index in [0.29, 0.717) is 11.9 Å². The maximum absolute atomic E-state index is 5.47. The number of nitrogens with zero attached hydrogens (tertiary/aromatic N) is 3. The number of nitrogen functional groups attached to an aromatic ring is 1. The molecule has 0 aliphatic heterocycles. The fourth-order valence-electron chi connectivity index (χ4n) is 1.43. The number of nitrogens with two attached hydrogens (primary N) is 1. The van der Waals surface area contributed by atoms with Gasteiger partial charge in [0.15, 0.2) is 0 Å².